The van der Waals surface area contributed by atoms with E-state index in [0.717, 1.165) is 5.56 Å². The molecule has 14 nitrogen and oxygen atoms in total. The second-order valence-electron chi connectivity index (χ2n) is 8.84. The molecule has 4 N–H and O–H groups in total. The Balaban J connectivity index is 1.08. The smallest absolute Gasteiger partial charge is 0.260 e. The molecule has 2 amide bonds. The van der Waals surface area contributed by atoms with Crippen molar-refractivity contribution < 1.29 is 49.0 Å². The lowest BCUT2D eigenvalue weighted by molar-refractivity contribution is -0.302. The number of β-lactam (4-membered cyclic amide) rings is 1. The van der Waals surface area contributed by atoms with Crippen molar-refractivity contribution in [2.24, 2.45) is 0 Å². The number of aliphatic hydroxyl groups excluding tert-OH is 4. The Morgan fingerprint density at radius 3 is 2.37 bits per heavy atom. The molecule has 2 saturated heterocycles. The van der Waals surface area contributed by atoms with E-state index in [2.05, 4.69) is 10.3 Å². The standard InChI is InChI=1S/C24H32N4O10/c29-14-18-20(31)21(32)22(33)24(38-18)37-12-11-36-10-9-35-8-7-27-13-17(25-26-27)15-1-3-16(4-2-15)23(34)28-6-5-19(28)30/h1-4,13,18,20-22,24,29,31-33H,5-12,14H2/t18-,20+,21+,22-,24?/m1/s1. The van der Waals surface area contributed by atoms with E-state index in [-0.39, 0.29) is 25.0 Å². The van der Waals surface area contributed by atoms with Gasteiger partial charge in [0.1, 0.15) is 30.1 Å². The molecule has 0 spiro atoms. The van der Waals surface area contributed by atoms with E-state index in [1.165, 1.54) is 4.90 Å². The van der Waals surface area contributed by atoms with Gasteiger partial charge in [-0.1, -0.05) is 17.3 Å². The fourth-order valence-electron chi connectivity index (χ4n) is 3.92. The molecule has 1 unspecified atom stereocenters. The first-order valence-electron chi connectivity index (χ1n) is 12.3. The van der Waals surface area contributed by atoms with Gasteiger partial charge in [-0.15, -0.1) is 5.10 Å². The van der Waals surface area contributed by atoms with Crippen LogP contribution in [0, 0.1) is 0 Å². The summed E-state index contributed by atoms with van der Waals surface area (Å²) in [4.78, 5) is 24.9. The molecule has 0 saturated carbocycles. The van der Waals surface area contributed by atoms with Crippen LogP contribution in [0.15, 0.2) is 30.5 Å². The molecule has 38 heavy (non-hydrogen) atoms. The van der Waals surface area contributed by atoms with Gasteiger partial charge in [0.25, 0.3) is 5.91 Å². The second-order valence-corrected chi connectivity index (χ2v) is 8.84. The number of aromatic nitrogens is 3. The van der Waals surface area contributed by atoms with Gasteiger partial charge in [-0.25, -0.2) is 4.68 Å². The minimum Gasteiger partial charge on any atom is -0.394 e. The Labute approximate surface area is 218 Å². The van der Waals surface area contributed by atoms with Crippen LogP contribution < -0.4 is 0 Å². The summed E-state index contributed by atoms with van der Waals surface area (Å²) < 4.78 is 23.2. The lowest BCUT2D eigenvalue weighted by Gasteiger charge is -2.39. The summed E-state index contributed by atoms with van der Waals surface area (Å²) >= 11 is 0. The number of aliphatic hydroxyl groups is 4. The van der Waals surface area contributed by atoms with Crippen LogP contribution in [-0.2, 0) is 30.3 Å². The number of likely N-dealkylation sites (tertiary alicyclic amines) is 1. The van der Waals surface area contributed by atoms with Crippen LogP contribution in [0.2, 0.25) is 0 Å². The van der Waals surface area contributed by atoms with Crippen molar-refractivity contribution in [1.29, 1.82) is 0 Å². The number of carbonyl (C=O) groups is 2. The van der Waals surface area contributed by atoms with Gasteiger partial charge >= 0.3 is 0 Å². The largest absolute Gasteiger partial charge is 0.394 e. The number of benzene rings is 1. The number of imide groups is 1. The molecule has 0 radical (unpaired) electrons. The monoisotopic (exact) mass is 536 g/mol. The van der Waals surface area contributed by atoms with Gasteiger partial charge in [-0.05, 0) is 12.1 Å². The maximum absolute atomic E-state index is 12.3. The lowest BCUT2D eigenvalue weighted by Crippen LogP contribution is -2.59. The van der Waals surface area contributed by atoms with Crippen LogP contribution >= 0.6 is 0 Å². The van der Waals surface area contributed by atoms with Crippen LogP contribution in [0.5, 0.6) is 0 Å². The van der Waals surface area contributed by atoms with Crippen molar-refractivity contribution in [1.82, 2.24) is 19.9 Å². The topological polar surface area (TPSA) is 186 Å². The summed E-state index contributed by atoms with van der Waals surface area (Å²) in [7, 11) is 0. The third-order valence-corrected chi connectivity index (χ3v) is 6.26. The summed E-state index contributed by atoms with van der Waals surface area (Å²) in [6.45, 7) is 1.67. The maximum atomic E-state index is 12.3. The van der Waals surface area contributed by atoms with Gasteiger partial charge < -0.3 is 39.4 Å². The molecule has 2 aromatic rings. The van der Waals surface area contributed by atoms with Crippen molar-refractivity contribution in [3.63, 3.8) is 0 Å². The fourth-order valence-corrected chi connectivity index (χ4v) is 3.92. The van der Waals surface area contributed by atoms with E-state index in [0.29, 0.717) is 50.6 Å². The zero-order valence-electron chi connectivity index (χ0n) is 20.7. The Hall–Kier alpha value is -2.82. The molecule has 1 aromatic carbocycles. The molecule has 4 rings (SSSR count). The van der Waals surface area contributed by atoms with Gasteiger partial charge in [0.2, 0.25) is 5.91 Å². The number of hydrogen-bond acceptors (Lipinski definition) is 12. The molecule has 5 atom stereocenters. The van der Waals surface area contributed by atoms with E-state index in [9.17, 15) is 30.0 Å². The minimum absolute atomic E-state index is 0.0654. The van der Waals surface area contributed by atoms with Crippen molar-refractivity contribution in [3.8, 4) is 11.3 Å². The number of ether oxygens (including phenoxy) is 4. The minimum atomic E-state index is -1.49. The fraction of sp³-hybridized carbons (Fsp3) is 0.583. The Morgan fingerprint density at radius 1 is 1.00 bits per heavy atom. The first-order valence-corrected chi connectivity index (χ1v) is 12.3. The lowest BCUT2D eigenvalue weighted by atomic mass is 9.99. The third kappa shape index (κ3) is 6.78. The summed E-state index contributed by atoms with van der Waals surface area (Å²) in [6.07, 6.45) is -4.39. The molecular formula is C24H32N4O10. The Morgan fingerprint density at radius 2 is 1.71 bits per heavy atom. The van der Waals surface area contributed by atoms with Gasteiger partial charge in [0, 0.05) is 24.1 Å². The van der Waals surface area contributed by atoms with Crippen molar-refractivity contribution in [2.75, 3.05) is 46.2 Å². The highest BCUT2D eigenvalue weighted by molar-refractivity contribution is 6.07. The maximum Gasteiger partial charge on any atom is 0.260 e. The highest BCUT2D eigenvalue weighted by Gasteiger charge is 2.43. The number of nitrogens with zero attached hydrogens (tertiary/aromatic N) is 4. The van der Waals surface area contributed by atoms with Crippen LogP contribution in [0.25, 0.3) is 11.3 Å². The van der Waals surface area contributed by atoms with Crippen molar-refractivity contribution in [3.05, 3.63) is 36.0 Å². The van der Waals surface area contributed by atoms with E-state index in [1.807, 2.05) is 0 Å². The van der Waals surface area contributed by atoms with Gasteiger partial charge in [-0.2, -0.15) is 0 Å². The number of carbonyl (C=O) groups excluding carboxylic acids is 2. The molecule has 2 aliphatic heterocycles. The van der Waals surface area contributed by atoms with E-state index < -0.39 is 37.3 Å². The van der Waals surface area contributed by atoms with E-state index in [4.69, 9.17) is 18.9 Å². The summed E-state index contributed by atoms with van der Waals surface area (Å²) in [6, 6.07) is 6.86. The number of amides is 2. The molecule has 3 heterocycles. The Bertz CT molecular complexity index is 1060. The quantitative estimate of drug-likeness (QED) is 0.128. The number of rotatable bonds is 13. The van der Waals surface area contributed by atoms with E-state index >= 15 is 0 Å². The number of hydrogen-bond donors (Lipinski definition) is 4. The summed E-state index contributed by atoms with van der Waals surface area (Å²) in [5.41, 5.74) is 1.89. The van der Waals surface area contributed by atoms with Crippen LogP contribution in [0.4, 0.5) is 0 Å². The second kappa shape index (κ2) is 13.3. The Kier molecular flexibility index (Phi) is 9.87. The molecule has 208 valence electrons. The molecule has 0 bridgehead atoms. The van der Waals surface area contributed by atoms with Crippen LogP contribution in [-0.4, -0.2) is 129 Å². The molecule has 0 aliphatic carbocycles. The molecule has 2 aliphatic rings. The zero-order valence-corrected chi connectivity index (χ0v) is 20.7. The summed E-state index contributed by atoms with van der Waals surface area (Å²) in [5, 5.41) is 46.8. The van der Waals surface area contributed by atoms with Gasteiger partial charge in [0.05, 0.1) is 52.4 Å². The highest BCUT2D eigenvalue weighted by Crippen LogP contribution is 2.22. The van der Waals surface area contributed by atoms with Gasteiger partial charge in [0.15, 0.2) is 6.29 Å². The zero-order chi connectivity index (χ0) is 27.1. The first kappa shape index (κ1) is 28.2. The van der Waals surface area contributed by atoms with Crippen LogP contribution in [0.1, 0.15) is 16.8 Å². The van der Waals surface area contributed by atoms with Crippen molar-refractivity contribution >= 4 is 11.8 Å². The SMILES string of the molecule is O=C1CCN1C(=O)c1ccc(-c2cn(CCOCCOCCOC3O[C@H](CO)[C@H](O)[C@H](O)[C@H]3O)nn2)cc1. The average Bonchev–Trinajstić information content (AvgIpc) is 3.40. The third-order valence-electron chi connectivity index (χ3n) is 6.26. The predicted octanol–water partition coefficient (Wildman–Crippen LogP) is -1.83. The molecular weight excluding hydrogens is 504 g/mol. The predicted molar refractivity (Wildman–Crippen MR) is 127 cm³/mol. The molecule has 1 aromatic heterocycles. The van der Waals surface area contributed by atoms with Crippen LogP contribution in [0.3, 0.4) is 0 Å². The summed E-state index contributed by atoms with van der Waals surface area (Å²) in [5.74, 6) is -0.449. The normalized spacial score (nSPS) is 25.4. The highest BCUT2D eigenvalue weighted by atomic mass is 16.7. The van der Waals surface area contributed by atoms with Crippen molar-refractivity contribution in [2.45, 2.75) is 43.7 Å². The van der Waals surface area contributed by atoms with E-state index in [1.54, 1.807) is 35.1 Å². The molecule has 2 fully saturated rings. The average molecular weight is 537 g/mol. The first-order chi connectivity index (χ1) is 18.4. The van der Waals surface area contributed by atoms with Gasteiger partial charge in [-0.3, -0.25) is 14.5 Å². The molecule has 14 heteroatoms.